The van der Waals surface area contributed by atoms with Crippen LogP contribution in [0.3, 0.4) is 0 Å². The van der Waals surface area contributed by atoms with Crippen LogP contribution in [0.5, 0.6) is 0 Å². The first-order valence-corrected chi connectivity index (χ1v) is 25.1. The third-order valence-corrected chi connectivity index (χ3v) is 24.8. The van der Waals surface area contributed by atoms with Gasteiger partial charge in [0, 0.05) is 22.3 Å². The van der Waals surface area contributed by atoms with Gasteiger partial charge in [0.15, 0.2) is 5.79 Å². The Morgan fingerprint density at radius 2 is 1.21 bits per heavy atom. The number of hydrogen-bond acceptors (Lipinski definition) is 6. The predicted octanol–water partition coefficient (Wildman–Crippen LogP) is 11.1. The summed E-state index contributed by atoms with van der Waals surface area (Å²) in [4.78, 5) is 0. The lowest BCUT2D eigenvalue weighted by atomic mass is 9.45. The lowest BCUT2D eigenvalue weighted by molar-refractivity contribution is -0.392. The minimum atomic E-state index is -2.55. The maximum absolute atomic E-state index is 14.5. The number of aliphatic hydroxyl groups is 2. The molecule has 2 aromatic carbocycles. The fourth-order valence-electron chi connectivity index (χ4n) is 14.6. The lowest BCUT2D eigenvalue weighted by Crippen LogP contribution is -2.83. The number of benzene rings is 2. The average Bonchev–Trinajstić information content (AvgIpc) is 3.19. The molecular weight excluding hydrogens is 713 g/mol. The molecule has 0 aromatic heterocycles. The van der Waals surface area contributed by atoms with Gasteiger partial charge in [-0.05, 0) is 68.7 Å². The second-order valence-corrected chi connectivity index (χ2v) is 25.6. The molecule has 2 bridgehead atoms. The highest BCUT2D eigenvalue weighted by Gasteiger charge is 2.81. The second kappa shape index (κ2) is 15.3. The molecule has 56 heavy (non-hydrogen) atoms. The summed E-state index contributed by atoms with van der Waals surface area (Å²) in [6.07, 6.45) is 14.0. The predicted molar refractivity (Wildman–Crippen MR) is 226 cm³/mol. The van der Waals surface area contributed by atoms with Crippen molar-refractivity contribution in [3.05, 3.63) is 83.9 Å². The molecule has 1 aliphatic heterocycles. The van der Waals surface area contributed by atoms with Crippen molar-refractivity contribution in [3.63, 3.8) is 0 Å². The summed E-state index contributed by atoms with van der Waals surface area (Å²) in [6, 6.07) is 21.0. The highest BCUT2D eigenvalue weighted by atomic mass is 28.3. The Bertz CT molecular complexity index is 1650. The van der Waals surface area contributed by atoms with Gasteiger partial charge in [0.1, 0.15) is 11.7 Å². The summed E-state index contributed by atoms with van der Waals surface area (Å²) >= 11 is 0. The van der Waals surface area contributed by atoms with Gasteiger partial charge >= 0.3 is 0 Å². The van der Waals surface area contributed by atoms with Crippen LogP contribution in [0, 0.1) is 17.3 Å². The molecule has 0 spiro atoms. The molecule has 6 nitrogen and oxygen atoms in total. The molecule has 5 aliphatic carbocycles. The topological polar surface area (TPSA) is 77.4 Å². The molecule has 6 fully saturated rings. The molecule has 6 aliphatic rings. The first-order chi connectivity index (χ1) is 26.7. The molecule has 0 radical (unpaired) electrons. The number of rotatable bonds is 9. The zero-order valence-corrected chi connectivity index (χ0v) is 36.4. The van der Waals surface area contributed by atoms with Gasteiger partial charge in [0.2, 0.25) is 0 Å². The van der Waals surface area contributed by atoms with E-state index in [1.807, 2.05) is 39.0 Å². The summed E-state index contributed by atoms with van der Waals surface area (Å²) < 4.78 is 29.3. The maximum Gasteiger partial charge on any atom is 0.163 e. The monoisotopic (exact) mass is 785 g/mol. The van der Waals surface area contributed by atoms with Crippen LogP contribution < -0.4 is 0 Å². The van der Waals surface area contributed by atoms with E-state index in [1.54, 1.807) is 0 Å². The van der Waals surface area contributed by atoms with Crippen molar-refractivity contribution < 1.29 is 29.2 Å². The van der Waals surface area contributed by atoms with E-state index in [-0.39, 0.29) is 24.0 Å². The molecule has 1 heterocycles. The summed E-state index contributed by atoms with van der Waals surface area (Å²) in [5, 5.41) is 27.3. The lowest BCUT2D eigenvalue weighted by Gasteiger charge is -2.76. The van der Waals surface area contributed by atoms with E-state index in [0.717, 1.165) is 30.4 Å². The normalized spacial score (nSPS) is 39.0. The second-order valence-electron chi connectivity index (χ2n) is 20.5. The quantitative estimate of drug-likeness (QED) is 0.195. The third kappa shape index (κ3) is 6.39. The first kappa shape index (κ1) is 40.9. The maximum atomic E-state index is 14.5. The van der Waals surface area contributed by atoms with Crippen LogP contribution in [0.2, 0.25) is 22.7 Å². The average molecular weight is 785 g/mol. The van der Waals surface area contributed by atoms with E-state index < -0.39 is 47.7 Å². The van der Waals surface area contributed by atoms with Crippen LogP contribution in [0.25, 0.3) is 0 Å². The van der Waals surface area contributed by atoms with Crippen LogP contribution >= 0.6 is 0 Å². The van der Waals surface area contributed by atoms with Crippen molar-refractivity contribution in [1.82, 2.24) is 0 Å². The van der Waals surface area contributed by atoms with E-state index >= 15 is 0 Å². The van der Waals surface area contributed by atoms with Gasteiger partial charge in [-0.2, -0.15) is 0 Å². The zero-order valence-electron chi connectivity index (χ0n) is 35.4. The molecule has 5 saturated carbocycles. The van der Waals surface area contributed by atoms with Gasteiger partial charge in [-0.25, -0.2) is 0 Å². The summed E-state index contributed by atoms with van der Waals surface area (Å²) in [6.45, 7) is 19.1. The number of fused-ring (bicyclic) bond motifs is 2. The molecule has 2 aromatic rings. The third-order valence-electron chi connectivity index (χ3n) is 17.1. The van der Waals surface area contributed by atoms with Crippen molar-refractivity contribution in [1.29, 1.82) is 0 Å². The van der Waals surface area contributed by atoms with E-state index in [4.69, 9.17) is 25.5 Å². The summed E-state index contributed by atoms with van der Waals surface area (Å²) in [7, 11) is -2.55. The van der Waals surface area contributed by atoms with Crippen molar-refractivity contribution >= 4 is 8.07 Å². The molecule has 0 unspecified atom stereocenters. The fourth-order valence-corrected chi connectivity index (χ4v) is 23.0. The van der Waals surface area contributed by atoms with Crippen LogP contribution in [0.1, 0.15) is 136 Å². The molecule has 1 saturated heterocycles. The fraction of sp³-hybridized carbons (Fsp3) is 0.714. The number of ether oxygens (including phenoxy) is 4. The molecule has 8 rings (SSSR count). The molecule has 308 valence electrons. The van der Waals surface area contributed by atoms with Crippen LogP contribution in [-0.2, 0) is 32.2 Å². The standard InChI is InChI=1S/C49H72O6Si/c1-34-28-29-39-41-40(34)43(52-32-35-20-12-8-13-21-35)48(56(7,37-24-16-10-17-25-37)38-26-18-11-19-27-38)31-30-47(6,50)49(51,45(48,2)3)44(42(41)55-46(4,5)54-39)53-33-36-22-14-9-15-23-36/h8-9,12-15,20-23,37-44,50-51H,1,10-11,16-19,24-33H2,2-7H3/t39-,40+,41+,42-,43-,44-,47+,48+,49-/m0/s1. The minimum absolute atomic E-state index is 0.0627. The van der Waals surface area contributed by atoms with E-state index in [9.17, 15) is 10.2 Å². The van der Waals surface area contributed by atoms with Crippen LogP contribution in [-0.4, -0.2) is 59.7 Å². The Hall–Kier alpha value is -1.84. The van der Waals surface area contributed by atoms with Crippen LogP contribution in [0.15, 0.2) is 72.8 Å². The van der Waals surface area contributed by atoms with Gasteiger partial charge in [-0.3, -0.25) is 0 Å². The van der Waals surface area contributed by atoms with Crippen molar-refractivity contribution in [3.8, 4) is 0 Å². The van der Waals surface area contributed by atoms with E-state index in [0.29, 0.717) is 30.7 Å². The summed E-state index contributed by atoms with van der Waals surface area (Å²) in [5.41, 5.74) is 0.656. The first-order valence-electron chi connectivity index (χ1n) is 22.5. The molecule has 2 N–H and O–H groups in total. The van der Waals surface area contributed by atoms with Gasteiger partial charge in [-0.15, -0.1) is 0 Å². The number of hydrogen-bond donors (Lipinski definition) is 2. The van der Waals surface area contributed by atoms with E-state index in [2.05, 4.69) is 62.9 Å². The highest BCUT2D eigenvalue weighted by molar-refractivity contribution is 6.84. The molecular formula is C49H72O6Si. The zero-order chi connectivity index (χ0) is 39.6. The SMILES string of the molecule is C=C1CC[C@@H]2OC(C)(C)O[C@H]3[C@H]2[C@@H]1[C@H](OCc1ccccc1)[C@]1([Si](C)(C2CCCCC2)C2CCCCC2)CC[C@@](C)(O)[C@](O)([C@H]3OCc2ccccc2)C1(C)C. The smallest absolute Gasteiger partial charge is 0.163 e. The summed E-state index contributed by atoms with van der Waals surface area (Å²) in [5.74, 6) is -1.14. The molecule has 7 heteroatoms. The van der Waals surface area contributed by atoms with Gasteiger partial charge < -0.3 is 29.2 Å². The Morgan fingerprint density at radius 1 is 0.696 bits per heavy atom. The Labute approximate surface area is 339 Å². The van der Waals surface area contributed by atoms with Gasteiger partial charge in [0.25, 0.3) is 0 Å². The minimum Gasteiger partial charge on any atom is -0.387 e. The largest absolute Gasteiger partial charge is 0.387 e. The van der Waals surface area contributed by atoms with Crippen molar-refractivity contribution in [2.45, 2.75) is 202 Å². The van der Waals surface area contributed by atoms with Gasteiger partial charge in [0.05, 0.1) is 45.2 Å². The molecule has 0 amide bonds. The van der Waals surface area contributed by atoms with E-state index in [1.165, 1.54) is 69.8 Å². The van der Waals surface area contributed by atoms with Crippen LogP contribution in [0.4, 0.5) is 0 Å². The Kier molecular flexibility index (Phi) is 11.2. The van der Waals surface area contributed by atoms with Crippen molar-refractivity contribution in [2.75, 3.05) is 0 Å². The Balaban J connectivity index is 1.42. The molecule has 9 atom stereocenters. The Morgan fingerprint density at radius 3 is 1.75 bits per heavy atom. The van der Waals surface area contributed by atoms with Crippen molar-refractivity contribution in [2.24, 2.45) is 17.3 Å². The van der Waals surface area contributed by atoms with Gasteiger partial charge in [-0.1, -0.05) is 157 Å². The highest BCUT2D eigenvalue weighted by Crippen LogP contribution is 2.78.